The number of hydrogen-bond donors (Lipinski definition) is 3. The first kappa shape index (κ1) is 18.9. The lowest BCUT2D eigenvalue weighted by Gasteiger charge is -2.16. The third-order valence-electron chi connectivity index (χ3n) is 4.91. The number of fused-ring (bicyclic) bond motifs is 2. The molecule has 1 aliphatic heterocycles. The number of hydrogen-bond acceptors (Lipinski definition) is 10. The van der Waals surface area contributed by atoms with Gasteiger partial charge in [0.15, 0.2) is 11.9 Å². The first-order valence-electron chi connectivity index (χ1n) is 8.91. The van der Waals surface area contributed by atoms with Crippen LogP contribution < -0.4 is 0 Å². The normalized spacial score (nSPS) is 24.7. The predicted molar refractivity (Wildman–Crippen MR) is 108 cm³/mol. The number of aliphatic hydroxyl groups is 3. The van der Waals surface area contributed by atoms with Crippen molar-refractivity contribution in [3.05, 3.63) is 41.8 Å². The fourth-order valence-corrected chi connectivity index (χ4v) is 4.92. The summed E-state index contributed by atoms with van der Waals surface area (Å²) in [7, 11) is 0. The molecule has 1 aromatic carbocycles. The summed E-state index contributed by atoms with van der Waals surface area (Å²) in [5.41, 5.74) is 3.23. The minimum Gasteiger partial charge on any atom is -0.394 e. The molecule has 4 unspecified atom stereocenters. The largest absolute Gasteiger partial charge is 0.394 e. The van der Waals surface area contributed by atoms with Crippen molar-refractivity contribution < 1.29 is 20.1 Å². The second-order valence-electron chi connectivity index (χ2n) is 6.73. The van der Waals surface area contributed by atoms with Crippen molar-refractivity contribution in [3.8, 4) is 0 Å². The van der Waals surface area contributed by atoms with Crippen LogP contribution in [0.1, 0.15) is 11.8 Å². The third kappa shape index (κ3) is 3.29. The Bertz CT molecular complexity index is 1170. The van der Waals surface area contributed by atoms with E-state index in [0.29, 0.717) is 21.9 Å². The first-order chi connectivity index (χ1) is 14.2. The number of imidazole rings is 1. The summed E-state index contributed by atoms with van der Waals surface area (Å²) in [6.45, 7) is -0.387. The molecule has 4 atom stereocenters. The van der Waals surface area contributed by atoms with Crippen molar-refractivity contribution in [1.82, 2.24) is 23.9 Å². The zero-order valence-corrected chi connectivity index (χ0v) is 16.6. The van der Waals surface area contributed by atoms with Gasteiger partial charge in [0.2, 0.25) is 0 Å². The highest BCUT2D eigenvalue weighted by Gasteiger charge is 2.44. The van der Waals surface area contributed by atoms with E-state index < -0.39 is 24.5 Å². The lowest BCUT2D eigenvalue weighted by molar-refractivity contribution is -0.0511. The third-order valence-corrected chi connectivity index (χ3v) is 6.63. The van der Waals surface area contributed by atoms with Crippen LogP contribution in [0.3, 0.4) is 0 Å². The molecule has 0 amide bonds. The van der Waals surface area contributed by atoms with E-state index in [1.807, 2.05) is 17.5 Å². The predicted octanol–water partition coefficient (Wildman–Crippen LogP) is 1.34. The van der Waals surface area contributed by atoms with Crippen LogP contribution in [0.5, 0.6) is 0 Å². The van der Waals surface area contributed by atoms with Gasteiger partial charge in [-0.2, -0.15) is 4.37 Å². The number of aromatic nitrogens is 5. The highest BCUT2D eigenvalue weighted by atomic mass is 32.2. The van der Waals surface area contributed by atoms with E-state index in [2.05, 4.69) is 25.4 Å². The highest BCUT2D eigenvalue weighted by molar-refractivity contribution is 7.98. The highest BCUT2D eigenvalue weighted by Crippen LogP contribution is 2.33. The number of thioether (sulfide) groups is 1. The molecule has 11 heteroatoms. The van der Waals surface area contributed by atoms with Gasteiger partial charge >= 0.3 is 0 Å². The lowest BCUT2D eigenvalue weighted by Crippen LogP contribution is -2.33. The second kappa shape index (κ2) is 7.59. The molecule has 29 heavy (non-hydrogen) atoms. The smallest absolute Gasteiger partial charge is 0.166 e. The van der Waals surface area contributed by atoms with Gasteiger partial charge in [0.05, 0.1) is 18.5 Å². The van der Waals surface area contributed by atoms with E-state index >= 15 is 0 Å². The Morgan fingerprint density at radius 2 is 2.07 bits per heavy atom. The summed E-state index contributed by atoms with van der Waals surface area (Å²) < 4.78 is 11.5. The molecule has 1 saturated heterocycles. The molecular formula is C18H17N5O4S2. The SMILES string of the molecule is OCC1OC(n2cnc3c(SCc4ccc5nscc5c4)ncnc32)C(O)C1O. The maximum Gasteiger partial charge on any atom is 0.166 e. The van der Waals surface area contributed by atoms with Crippen LogP contribution in [-0.4, -0.2) is 64.1 Å². The Morgan fingerprint density at radius 1 is 1.17 bits per heavy atom. The Morgan fingerprint density at radius 3 is 2.90 bits per heavy atom. The van der Waals surface area contributed by atoms with Crippen LogP contribution in [0.25, 0.3) is 22.1 Å². The summed E-state index contributed by atoms with van der Waals surface area (Å²) in [5, 5.41) is 33.5. The number of nitrogens with zero attached hydrogens (tertiary/aromatic N) is 5. The van der Waals surface area contributed by atoms with Crippen molar-refractivity contribution in [2.75, 3.05) is 6.61 Å². The van der Waals surface area contributed by atoms with E-state index in [4.69, 9.17) is 4.74 Å². The van der Waals surface area contributed by atoms with Gasteiger partial charge in [-0.1, -0.05) is 17.8 Å². The quantitative estimate of drug-likeness (QED) is 0.317. The van der Waals surface area contributed by atoms with Crippen LogP contribution in [-0.2, 0) is 10.5 Å². The van der Waals surface area contributed by atoms with Crippen LogP contribution in [0.15, 0.2) is 41.3 Å². The molecular weight excluding hydrogens is 414 g/mol. The maximum atomic E-state index is 10.3. The molecule has 4 aromatic rings. The number of aliphatic hydroxyl groups excluding tert-OH is 3. The molecule has 3 N–H and O–H groups in total. The first-order valence-corrected chi connectivity index (χ1v) is 10.7. The van der Waals surface area contributed by atoms with Crippen LogP contribution in [0, 0.1) is 0 Å². The molecule has 3 aromatic heterocycles. The minimum absolute atomic E-state index is 0.387. The Hall–Kier alpha value is -2.15. The average molecular weight is 431 g/mol. The standard InChI is InChI=1S/C18H17N5O4S2/c24-4-12-14(25)15(26)18(27-12)23-8-21-13-16(23)19-7-20-17(13)28-5-9-1-2-11-10(3-9)6-29-22-11/h1-3,6-8,12,14-15,18,24-26H,4-5H2. The summed E-state index contributed by atoms with van der Waals surface area (Å²) in [6.07, 6.45) is -1.16. The summed E-state index contributed by atoms with van der Waals surface area (Å²) in [6, 6.07) is 6.17. The van der Waals surface area contributed by atoms with Gasteiger partial charge in [0, 0.05) is 16.5 Å². The van der Waals surface area contributed by atoms with Crippen LogP contribution >= 0.6 is 23.3 Å². The van der Waals surface area contributed by atoms with Gasteiger partial charge in [-0.15, -0.1) is 0 Å². The van der Waals surface area contributed by atoms with E-state index in [-0.39, 0.29) is 6.61 Å². The zero-order chi connectivity index (χ0) is 20.0. The molecule has 150 valence electrons. The number of rotatable bonds is 5. The van der Waals surface area contributed by atoms with Crippen molar-refractivity contribution in [2.45, 2.75) is 35.3 Å². The summed E-state index contributed by atoms with van der Waals surface area (Å²) >= 11 is 2.98. The molecule has 0 aliphatic carbocycles. The molecule has 0 saturated carbocycles. The van der Waals surface area contributed by atoms with Gasteiger partial charge < -0.3 is 20.1 Å². The second-order valence-corrected chi connectivity index (χ2v) is 8.32. The molecule has 5 rings (SSSR count). The maximum absolute atomic E-state index is 10.3. The van der Waals surface area contributed by atoms with E-state index in [1.165, 1.54) is 35.9 Å². The summed E-state index contributed by atoms with van der Waals surface area (Å²) in [5.74, 6) is 0.707. The topological polar surface area (TPSA) is 126 Å². The lowest BCUT2D eigenvalue weighted by atomic mass is 10.1. The van der Waals surface area contributed by atoms with Crippen molar-refractivity contribution in [1.29, 1.82) is 0 Å². The van der Waals surface area contributed by atoms with Crippen molar-refractivity contribution in [3.63, 3.8) is 0 Å². The Labute approximate surface area is 173 Å². The van der Waals surface area contributed by atoms with Gasteiger partial charge in [-0.25, -0.2) is 15.0 Å². The van der Waals surface area contributed by atoms with Crippen molar-refractivity contribution in [2.24, 2.45) is 0 Å². The van der Waals surface area contributed by atoms with E-state index in [1.54, 1.807) is 4.57 Å². The van der Waals surface area contributed by atoms with Crippen LogP contribution in [0.2, 0.25) is 0 Å². The minimum atomic E-state index is -1.19. The zero-order valence-electron chi connectivity index (χ0n) is 15.0. The Balaban J connectivity index is 1.41. The summed E-state index contributed by atoms with van der Waals surface area (Å²) in [4.78, 5) is 13.0. The van der Waals surface area contributed by atoms with E-state index in [9.17, 15) is 15.3 Å². The van der Waals surface area contributed by atoms with Gasteiger partial charge in [0.25, 0.3) is 0 Å². The molecule has 1 fully saturated rings. The molecule has 0 bridgehead atoms. The number of benzene rings is 1. The average Bonchev–Trinajstić information content (AvgIpc) is 3.44. The monoisotopic (exact) mass is 431 g/mol. The fourth-order valence-electron chi connectivity index (χ4n) is 3.40. The van der Waals surface area contributed by atoms with Gasteiger partial charge in [-0.05, 0) is 29.2 Å². The molecule has 0 radical (unpaired) electrons. The van der Waals surface area contributed by atoms with Gasteiger partial charge in [-0.3, -0.25) is 4.57 Å². The molecule has 9 nitrogen and oxygen atoms in total. The number of ether oxygens (including phenoxy) is 1. The van der Waals surface area contributed by atoms with E-state index in [0.717, 1.165) is 16.5 Å². The Kier molecular flexibility index (Phi) is 4.94. The van der Waals surface area contributed by atoms with Crippen LogP contribution in [0.4, 0.5) is 0 Å². The molecule has 4 heterocycles. The van der Waals surface area contributed by atoms with Crippen molar-refractivity contribution >= 4 is 45.4 Å². The fraction of sp³-hybridized carbons (Fsp3) is 0.333. The van der Waals surface area contributed by atoms with Gasteiger partial charge in [0.1, 0.15) is 35.2 Å². The molecule has 0 spiro atoms. The molecule has 1 aliphatic rings.